The zero-order valence-electron chi connectivity index (χ0n) is 29.7. The van der Waals surface area contributed by atoms with E-state index in [0.717, 1.165) is 4.90 Å². The number of hydrogen-bond acceptors (Lipinski definition) is 15. The first-order valence-electron chi connectivity index (χ1n) is 17.1. The lowest BCUT2D eigenvalue weighted by Crippen LogP contribution is -2.63. The molecule has 0 bridgehead atoms. The SMILES string of the molecule is COc1cc([C@@H]2c3cc4c(cc3[C@@H](O[C@@H]3O[C@@H]5CO[C@@H](C)O[C@H]5[C@H](O)[C@H]3O)[C@H]3COC(=O)[C@H]23)OCO4)cc(OC)c1OC(=O)N(C)CCN(C)C(=O)O. The minimum Gasteiger partial charge on any atom is -0.493 e. The molecule has 5 aliphatic rings. The van der Waals surface area contributed by atoms with E-state index >= 15 is 0 Å². The average Bonchev–Trinajstić information content (AvgIpc) is 3.77. The second-order valence-corrected chi connectivity index (χ2v) is 13.5. The lowest BCUT2D eigenvalue weighted by atomic mass is 9.66. The van der Waals surface area contributed by atoms with E-state index in [1.165, 1.54) is 33.2 Å². The second kappa shape index (κ2) is 14.7. The van der Waals surface area contributed by atoms with Crippen LogP contribution < -0.4 is 23.7 Å². The Labute approximate surface area is 303 Å². The number of amides is 2. The van der Waals surface area contributed by atoms with Crippen LogP contribution >= 0.6 is 0 Å². The number of hydrogen-bond donors (Lipinski definition) is 3. The van der Waals surface area contributed by atoms with E-state index in [-0.39, 0.29) is 50.3 Å². The number of methoxy groups -OCH3 is 2. The molecule has 1 aliphatic carbocycles. The molecule has 2 aromatic rings. The predicted octanol–water partition coefficient (Wildman–Crippen LogP) is 1.67. The zero-order chi connectivity index (χ0) is 37.7. The zero-order valence-corrected chi connectivity index (χ0v) is 29.7. The van der Waals surface area contributed by atoms with Gasteiger partial charge >= 0.3 is 18.2 Å². The number of carbonyl (C=O) groups is 3. The van der Waals surface area contributed by atoms with Crippen LogP contribution in [0.15, 0.2) is 24.3 Å². The summed E-state index contributed by atoms with van der Waals surface area (Å²) in [5, 5.41) is 31.3. The Kier molecular flexibility index (Phi) is 10.2. The monoisotopic (exact) mass is 746 g/mol. The molecule has 0 aromatic heterocycles. The fourth-order valence-corrected chi connectivity index (χ4v) is 7.47. The summed E-state index contributed by atoms with van der Waals surface area (Å²) in [5.41, 5.74) is 1.79. The molecule has 4 aliphatic heterocycles. The largest absolute Gasteiger partial charge is 0.493 e. The molecule has 4 heterocycles. The summed E-state index contributed by atoms with van der Waals surface area (Å²) >= 11 is 0. The minimum absolute atomic E-state index is 0.0208. The highest BCUT2D eigenvalue weighted by Gasteiger charge is 2.56. The third-order valence-electron chi connectivity index (χ3n) is 10.3. The van der Waals surface area contributed by atoms with Crippen LogP contribution in [0.3, 0.4) is 0 Å². The van der Waals surface area contributed by atoms with Gasteiger partial charge in [0.2, 0.25) is 12.5 Å². The van der Waals surface area contributed by atoms with Crippen LogP contribution in [0.4, 0.5) is 9.59 Å². The maximum Gasteiger partial charge on any atom is 0.415 e. The van der Waals surface area contributed by atoms with Gasteiger partial charge in [-0.25, -0.2) is 9.59 Å². The van der Waals surface area contributed by atoms with E-state index in [0.29, 0.717) is 28.2 Å². The topological polar surface area (TPSA) is 211 Å². The first kappa shape index (κ1) is 36.8. The fourth-order valence-electron chi connectivity index (χ4n) is 7.47. The molecule has 2 amide bonds. The van der Waals surface area contributed by atoms with Crippen molar-refractivity contribution in [2.24, 2.45) is 11.8 Å². The summed E-state index contributed by atoms with van der Waals surface area (Å²) in [7, 11) is 5.63. The number of cyclic esters (lactones) is 1. The van der Waals surface area contributed by atoms with E-state index in [1.54, 1.807) is 31.2 Å². The number of rotatable bonds is 9. The van der Waals surface area contributed by atoms with Gasteiger partial charge in [0.1, 0.15) is 24.4 Å². The van der Waals surface area contributed by atoms with Gasteiger partial charge in [-0.1, -0.05) is 0 Å². The average molecular weight is 747 g/mol. The Bertz CT molecular complexity index is 1710. The molecule has 0 radical (unpaired) electrons. The van der Waals surface area contributed by atoms with Crippen molar-refractivity contribution in [3.8, 4) is 28.7 Å². The van der Waals surface area contributed by atoms with Crippen LogP contribution in [0.2, 0.25) is 0 Å². The molecule has 7 rings (SSSR count). The Hall–Kier alpha value is -4.59. The van der Waals surface area contributed by atoms with Crippen LogP contribution in [0.5, 0.6) is 28.7 Å². The fraction of sp³-hybridized carbons (Fsp3) is 0.571. The Balaban J connectivity index is 1.24. The third kappa shape index (κ3) is 6.74. The number of carboxylic acid groups (broad SMARTS) is 1. The highest BCUT2D eigenvalue weighted by atomic mass is 16.8. The predicted molar refractivity (Wildman–Crippen MR) is 176 cm³/mol. The first-order valence-corrected chi connectivity index (χ1v) is 17.1. The first-order chi connectivity index (χ1) is 25.4. The van der Waals surface area contributed by atoms with E-state index in [4.69, 9.17) is 52.5 Å². The number of fused-ring (bicyclic) bond motifs is 4. The smallest absolute Gasteiger partial charge is 0.415 e. The molecule has 3 fully saturated rings. The van der Waals surface area contributed by atoms with Crippen molar-refractivity contribution in [3.05, 3.63) is 41.0 Å². The highest BCUT2D eigenvalue weighted by Crippen LogP contribution is 2.57. The molecular weight excluding hydrogens is 704 g/mol. The molecule has 10 atom stereocenters. The maximum atomic E-state index is 13.7. The molecule has 2 aromatic carbocycles. The molecule has 18 heteroatoms. The van der Waals surface area contributed by atoms with Crippen LogP contribution in [-0.4, -0.2) is 142 Å². The summed E-state index contributed by atoms with van der Waals surface area (Å²) < 4.78 is 58.1. The van der Waals surface area contributed by atoms with Crippen LogP contribution in [-0.2, 0) is 28.5 Å². The number of esters is 1. The summed E-state index contributed by atoms with van der Waals surface area (Å²) in [6, 6.07) is 6.81. The molecule has 3 saturated heterocycles. The van der Waals surface area contributed by atoms with E-state index in [2.05, 4.69) is 0 Å². The summed E-state index contributed by atoms with van der Waals surface area (Å²) in [5.74, 6) is -1.49. The molecular formula is C35H42N2O16. The van der Waals surface area contributed by atoms with Crippen LogP contribution in [0.25, 0.3) is 0 Å². The molecule has 288 valence electrons. The standard InChI is InChI=1S/C35H42N2O16/c1-15-46-13-24-31(50-15)27(38)28(39)33(51-24)52-29-18-11-21-20(48-14-49-21)10-17(18)25(26-19(29)12-47-32(26)40)16-8-22(44-4)30(23(9-16)45-5)53-35(43)37(3)7-6-36(2)34(41)42/h8-11,15,19,24-29,31,33,38-39H,6-7,12-14H2,1-5H3,(H,41,42)/t15-,19+,24-,25-,26+,27-,28-,29-,31-,33+/m1/s1. The number of benzene rings is 2. The van der Waals surface area contributed by atoms with Gasteiger partial charge in [0, 0.05) is 39.0 Å². The van der Waals surface area contributed by atoms with E-state index in [9.17, 15) is 24.6 Å². The van der Waals surface area contributed by atoms with E-state index in [1.807, 2.05) is 0 Å². The van der Waals surface area contributed by atoms with E-state index < -0.39 is 79.0 Å². The van der Waals surface area contributed by atoms with Crippen molar-refractivity contribution < 1.29 is 77.1 Å². The van der Waals surface area contributed by atoms with Crippen molar-refractivity contribution in [2.45, 2.75) is 55.9 Å². The van der Waals surface area contributed by atoms with Crippen molar-refractivity contribution >= 4 is 18.2 Å². The van der Waals surface area contributed by atoms with Gasteiger partial charge < -0.3 is 72.5 Å². The minimum atomic E-state index is -1.49. The molecule has 3 N–H and O–H groups in total. The number of aliphatic hydroxyl groups excluding tert-OH is 2. The summed E-state index contributed by atoms with van der Waals surface area (Å²) in [6.45, 7) is 1.85. The van der Waals surface area contributed by atoms with Gasteiger partial charge in [-0.2, -0.15) is 0 Å². The number of ether oxygens (including phenoxy) is 10. The lowest BCUT2D eigenvalue weighted by Gasteiger charge is -2.47. The van der Waals surface area contributed by atoms with Crippen LogP contribution in [0.1, 0.15) is 35.6 Å². The Morgan fingerprint density at radius 2 is 1.55 bits per heavy atom. The van der Waals surface area contributed by atoms with Crippen molar-refractivity contribution in [1.82, 2.24) is 9.80 Å². The van der Waals surface area contributed by atoms with Crippen molar-refractivity contribution in [2.75, 3.05) is 61.4 Å². The highest BCUT2D eigenvalue weighted by molar-refractivity contribution is 5.79. The number of aliphatic hydroxyl groups is 2. The number of carbonyl (C=O) groups excluding carboxylic acids is 2. The summed E-state index contributed by atoms with van der Waals surface area (Å²) in [6.07, 6.45) is -9.10. The quantitative estimate of drug-likeness (QED) is 0.312. The number of nitrogens with zero attached hydrogens (tertiary/aromatic N) is 2. The van der Waals surface area contributed by atoms with Gasteiger partial charge in [-0.3, -0.25) is 4.79 Å². The van der Waals surface area contributed by atoms with Gasteiger partial charge in [-0.05, 0) is 47.9 Å². The van der Waals surface area contributed by atoms with Gasteiger partial charge in [-0.15, -0.1) is 0 Å². The van der Waals surface area contributed by atoms with Crippen molar-refractivity contribution in [3.63, 3.8) is 0 Å². The maximum absolute atomic E-state index is 13.7. The van der Waals surface area contributed by atoms with Gasteiger partial charge in [0.25, 0.3) is 0 Å². The van der Waals surface area contributed by atoms with Gasteiger partial charge in [0.05, 0.1) is 39.5 Å². The van der Waals surface area contributed by atoms with Crippen LogP contribution in [0, 0.1) is 11.8 Å². The molecule has 53 heavy (non-hydrogen) atoms. The molecule has 0 spiro atoms. The Morgan fingerprint density at radius 1 is 0.887 bits per heavy atom. The third-order valence-corrected chi connectivity index (χ3v) is 10.3. The lowest BCUT2D eigenvalue weighted by molar-refractivity contribution is -0.364. The van der Waals surface area contributed by atoms with Gasteiger partial charge in [0.15, 0.2) is 35.6 Å². The van der Waals surface area contributed by atoms with Crippen molar-refractivity contribution in [1.29, 1.82) is 0 Å². The normalized spacial score (nSPS) is 31.0. The molecule has 0 unspecified atom stereocenters. The second-order valence-electron chi connectivity index (χ2n) is 13.5. The summed E-state index contributed by atoms with van der Waals surface area (Å²) in [4.78, 5) is 40.2. The Morgan fingerprint density at radius 3 is 2.21 bits per heavy atom. The number of likely N-dealkylation sites (N-methyl/N-ethyl adjacent to an activating group) is 2. The molecule has 0 saturated carbocycles. The molecule has 18 nitrogen and oxygen atoms in total.